The summed E-state index contributed by atoms with van der Waals surface area (Å²) < 4.78 is 7.93. The van der Waals surface area contributed by atoms with Crippen LogP contribution in [0.1, 0.15) is 60.5 Å². The Morgan fingerprint density at radius 2 is 2.14 bits per heavy atom. The second kappa shape index (κ2) is 8.19. The zero-order valence-corrected chi connectivity index (χ0v) is 17.2. The van der Waals surface area contributed by atoms with E-state index in [1.165, 1.54) is 6.42 Å². The summed E-state index contributed by atoms with van der Waals surface area (Å²) in [5.41, 5.74) is 3.74. The van der Waals surface area contributed by atoms with Crippen LogP contribution in [0.25, 0.3) is 11.2 Å². The molecule has 3 aromatic heterocycles. The summed E-state index contributed by atoms with van der Waals surface area (Å²) >= 11 is 0. The first-order chi connectivity index (χ1) is 14.0. The maximum Gasteiger partial charge on any atom is 0.253 e. The number of fused-ring (bicyclic) bond motifs is 3. The lowest BCUT2D eigenvalue weighted by molar-refractivity contribution is 0.0951. The van der Waals surface area contributed by atoms with Crippen LogP contribution in [0, 0.1) is 6.92 Å². The molecule has 0 saturated heterocycles. The second-order valence-corrected chi connectivity index (χ2v) is 7.79. The average molecular weight is 393 g/mol. The summed E-state index contributed by atoms with van der Waals surface area (Å²) in [5, 5.41) is 3.01. The number of rotatable bonds is 5. The Hall–Kier alpha value is -2.96. The van der Waals surface area contributed by atoms with Crippen molar-refractivity contribution in [1.82, 2.24) is 24.8 Å². The molecule has 0 aromatic carbocycles. The van der Waals surface area contributed by atoms with Crippen molar-refractivity contribution in [3.8, 4) is 5.88 Å². The first-order valence-corrected chi connectivity index (χ1v) is 10.3. The smallest absolute Gasteiger partial charge is 0.253 e. The lowest BCUT2D eigenvalue weighted by Gasteiger charge is -2.13. The molecule has 1 amide bonds. The van der Waals surface area contributed by atoms with E-state index in [9.17, 15) is 4.79 Å². The van der Waals surface area contributed by atoms with Gasteiger partial charge in [0.2, 0.25) is 5.88 Å². The largest absolute Gasteiger partial charge is 0.475 e. The molecular formula is C22H27N5O2. The summed E-state index contributed by atoms with van der Waals surface area (Å²) in [7, 11) is 0. The first kappa shape index (κ1) is 19.4. The van der Waals surface area contributed by atoms with Crippen LogP contribution in [0.15, 0.2) is 24.4 Å². The third-order valence-corrected chi connectivity index (χ3v) is 5.07. The van der Waals surface area contributed by atoms with E-state index in [0.29, 0.717) is 23.5 Å². The van der Waals surface area contributed by atoms with Crippen LogP contribution in [0.2, 0.25) is 0 Å². The summed E-state index contributed by atoms with van der Waals surface area (Å²) in [6.07, 6.45) is 6.09. The fourth-order valence-corrected chi connectivity index (χ4v) is 3.75. The molecule has 1 aliphatic rings. The summed E-state index contributed by atoms with van der Waals surface area (Å²) in [6, 6.07) is 5.58. The number of aromatic nitrogens is 4. The van der Waals surface area contributed by atoms with Gasteiger partial charge in [0.1, 0.15) is 11.3 Å². The quantitative estimate of drug-likeness (QED) is 0.716. The topological polar surface area (TPSA) is 81.9 Å². The van der Waals surface area contributed by atoms with Gasteiger partial charge in [0, 0.05) is 37.0 Å². The maximum absolute atomic E-state index is 13.0. The number of nitrogens with one attached hydrogen (secondary N) is 1. The molecule has 3 aromatic rings. The van der Waals surface area contributed by atoms with Crippen molar-refractivity contribution in [1.29, 1.82) is 0 Å². The number of imidazole rings is 1. The van der Waals surface area contributed by atoms with Crippen LogP contribution in [0.3, 0.4) is 0 Å². The van der Waals surface area contributed by atoms with Gasteiger partial charge in [-0.1, -0.05) is 12.5 Å². The van der Waals surface area contributed by atoms with Crippen LogP contribution >= 0.6 is 0 Å². The molecule has 0 saturated carbocycles. The molecule has 7 nitrogen and oxygen atoms in total. The van der Waals surface area contributed by atoms with E-state index in [0.717, 1.165) is 48.5 Å². The Balaban J connectivity index is 1.61. The lowest BCUT2D eigenvalue weighted by atomic mass is 10.1. The van der Waals surface area contributed by atoms with Crippen LogP contribution < -0.4 is 10.1 Å². The Morgan fingerprint density at radius 1 is 1.28 bits per heavy atom. The zero-order valence-electron chi connectivity index (χ0n) is 17.2. The van der Waals surface area contributed by atoms with Gasteiger partial charge in [-0.2, -0.15) is 0 Å². The molecule has 0 spiro atoms. The Morgan fingerprint density at radius 3 is 2.97 bits per heavy atom. The van der Waals surface area contributed by atoms with Crippen molar-refractivity contribution in [3.05, 3.63) is 47.0 Å². The number of nitrogens with zero attached hydrogens (tertiary/aromatic N) is 4. The number of carbonyl (C=O) groups excluding carboxylic acids is 1. The number of hydrogen-bond donors (Lipinski definition) is 1. The summed E-state index contributed by atoms with van der Waals surface area (Å²) in [4.78, 5) is 26.8. The molecule has 1 N–H and O–H groups in total. The normalized spacial score (nSPS) is 13.9. The SMILES string of the molecule is Cc1cc(C(=O)NCc2cccnc2OC(C)C)c2nc3n(c2n1)CCCCC3. The molecule has 0 bridgehead atoms. The predicted octanol–water partition coefficient (Wildman–Crippen LogP) is 3.58. The predicted molar refractivity (Wildman–Crippen MR) is 111 cm³/mol. The summed E-state index contributed by atoms with van der Waals surface area (Å²) in [6.45, 7) is 7.08. The average Bonchev–Trinajstić information content (AvgIpc) is 2.87. The first-order valence-electron chi connectivity index (χ1n) is 10.3. The Labute approximate surface area is 170 Å². The van der Waals surface area contributed by atoms with Crippen LogP contribution in [0.5, 0.6) is 5.88 Å². The molecule has 0 radical (unpaired) electrons. The molecule has 1 aliphatic heterocycles. The maximum atomic E-state index is 13.0. The highest BCUT2D eigenvalue weighted by Gasteiger charge is 2.21. The van der Waals surface area contributed by atoms with Gasteiger partial charge in [0.25, 0.3) is 5.91 Å². The van der Waals surface area contributed by atoms with E-state index in [4.69, 9.17) is 9.72 Å². The molecule has 0 aliphatic carbocycles. The Bertz CT molecular complexity index is 1040. The minimum absolute atomic E-state index is 0.0165. The molecule has 0 unspecified atom stereocenters. The fourth-order valence-electron chi connectivity index (χ4n) is 3.75. The van der Waals surface area contributed by atoms with Crippen molar-refractivity contribution < 1.29 is 9.53 Å². The molecule has 7 heteroatoms. The number of ether oxygens (including phenoxy) is 1. The molecule has 0 fully saturated rings. The van der Waals surface area contributed by atoms with Gasteiger partial charge in [0.15, 0.2) is 5.65 Å². The monoisotopic (exact) mass is 393 g/mol. The second-order valence-electron chi connectivity index (χ2n) is 7.79. The number of carbonyl (C=O) groups is 1. The molecular weight excluding hydrogens is 366 g/mol. The van der Waals surface area contributed by atoms with E-state index in [-0.39, 0.29) is 12.0 Å². The number of hydrogen-bond acceptors (Lipinski definition) is 5. The standard InChI is InChI=1S/C22H27N5O2/c1-14(2)29-22-16(8-7-10-23-22)13-24-21(28)17-12-15(3)25-20-19(17)26-18-9-5-4-6-11-27(18)20/h7-8,10,12,14H,4-6,9,11,13H2,1-3H3,(H,24,28). The van der Waals surface area contributed by atoms with Crippen LogP contribution in [0.4, 0.5) is 0 Å². The highest BCUT2D eigenvalue weighted by atomic mass is 16.5. The zero-order chi connectivity index (χ0) is 20.4. The Kier molecular flexibility index (Phi) is 5.47. The lowest BCUT2D eigenvalue weighted by Crippen LogP contribution is -2.24. The number of pyridine rings is 2. The highest BCUT2D eigenvalue weighted by molar-refractivity contribution is 6.04. The minimum Gasteiger partial charge on any atom is -0.475 e. The van der Waals surface area contributed by atoms with E-state index >= 15 is 0 Å². The van der Waals surface area contributed by atoms with Gasteiger partial charge < -0.3 is 14.6 Å². The highest BCUT2D eigenvalue weighted by Crippen LogP contribution is 2.24. The molecule has 4 rings (SSSR count). The van der Waals surface area contributed by atoms with E-state index in [1.807, 2.05) is 39.0 Å². The third-order valence-electron chi connectivity index (χ3n) is 5.07. The minimum atomic E-state index is -0.159. The van der Waals surface area contributed by atoms with Gasteiger partial charge in [-0.25, -0.2) is 15.0 Å². The van der Waals surface area contributed by atoms with Crippen LogP contribution in [-0.4, -0.2) is 31.5 Å². The van der Waals surface area contributed by atoms with E-state index < -0.39 is 0 Å². The molecule has 152 valence electrons. The van der Waals surface area contributed by atoms with Gasteiger partial charge >= 0.3 is 0 Å². The molecule has 29 heavy (non-hydrogen) atoms. The van der Waals surface area contributed by atoms with E-state index in [1.54, 1.807) is 6.20 Å². The van der Waals surface area contributed by atoms with E-state index in [2.05, 4.69) is 19.9 Å². The fraction of sp³-hybridized carbons (Fsp3) is 0.455. The third kappa shape index (κ3) is 4.09. The van der Waals surface area contributed by atoms with Crippen molar-refractivity contribution >= 4 is 17.1 Å². The number of aryl methyl sites for hydroxylation is 3. The van der Waals surface area contributed by atoms with Gasteiger partial charge in [-0.15, -0.1) is 0 Å². The van der Waals surface area contributed by atoms with Crippen molar-refractivity contribution in [3.63, 3.8) is 0 Å². The molecule has 0 atom stereocenters. The van der Waals surface area contributed by atoms with Gasteiger partial charge in [0.05, 0.1) is 11.7 Å². The molecule has 4 heterocycles. The van der Waals surface area contributed by atoms with Gasteiger partial charge in [-0.05, 0) is 45.7 Å². The van der Waals surface area contributed by atoms with Crippen molar-refractivity contribution in [2.45, 2.75) is 65.6 Å². The van der Waals surface area contributed by atoms with Gasteiger partial charge in [-0.3, -0.25) is 4.79 Å². The van der Waals surface area contributed by atoms with Crippen molar-refractivity contribution in [2.75, 3.05) is 0 Å². The van der Waals surface area contributed by atoms with Crippen LogP contribution in [-0.2, 0) is 19.5 Å². The number of amides is 1. The van der Waals surface area contributed by atoms with Crippen molar-refractivity contribution in [2.24, 2.45) is 0 Å². The summed E-state index contributed by atoms with van der Waals surface area (Å²) in [5.74, 6) is 1.42.